The average molecular weight is 99.1 g/mol. The zero-order valence-corrected chi connectivity index (χ0v) is 4.39. The molecule has 0 saturated carbocycles. The smallest absolute Gasteiger partial charge is 0.422 e. The van der Waals surface area contributed by atoms with Crippen LogP contribution in [0.25, 0.3) is 0 Å². The zero-order valence-electron chi connectivity index (χ0n) is 4.39. The molecule has 0 saturated heterocycles. The Morgan fingerprint density at radius 3 is 2.43 bits per heavy atom. The highest BCUT2D eigenvalue weighted by molar-refractivity contribution is 5.39. The molecule has 2 heteroatoms. The highest BCUT2D eigenvalue weighted by Crippen LogP contribution is 1.85. The van der Waals surface area contributed by atoms with E-state index in [4.69, 9.17) is 0 Å². The molecule has 39 valence electrons. The monoisotopic (exact) mass is 99.0 g/mol. The number of allylic oxidation sites excluding steroid dienone is 1. The Kier molecular flexibility index (Phi) is 3.02. The van der Waals surface area contributed by atoms with Crippen molar-refractivity contribution in [2.45, 2.75) is 13.8 Å². The van der Waals surface area contributed by atoms with E-state index in [9.17, 15) is 4.79 Å². The van der Waals surface area contributed by atoms with Crippen molar-refractivity contribution in [3.63, 3.8) is 0 Å². The fraction of sp³-hybridized carbons (Fsp3) is 0.400. The lowest BCUT2D eigenvalue weighted by molar-refractivity contribution is 0.395. The van der Waals surface area contributed by atoms with Crippen LogP contribution in [0.2, 0.25) is 0 Å². The Hall–Kier alpha value is -0.790. The van der Waals surface area contributed by atoms with Crippen molar-refractivity contribution in [3.05, 3.63) is 11.8 Å². The Balaban J connectivity index is 3.25. The lowest BCUT2D eigenvalue weighted by Gasteiger charge is -1.82. The van der Waals surface area contributed by atoms with Gasteiger partial charge in [-0.3, -0.25) is 0 Å². The van der Waals surface area contributed by atoms with Crippen LogP contribution in [-0.4, -0.2) is 6.47 Å². The lowest BCUT2D eigenvalue weighted by atomic mass is 10.4. The van der Waals surface area contributed by atoms with E-state index in [2.05, 4.69) is 4.74 Å². The summed E-state index contributed by atoms with van der Waals surface area (Å²) in [4.78, 5) is 9.32. The van der Waals surface area contributed by atoms with E-state index in [1.165, 1.54) is 12.7 Å². The predicted molar refractivity (Wildman–Crippen MR) is 26.2 cm³/mol. The maximum absolute atomic E-state index is 9.32. The molecule has 0 N–H and O–H groups in total. The number of rotatable bonds is 2. The Labute approximate surface area is 42.8 Å². The summed E-state index contributed by atoms with van der Waals surface area (Å²) in [7, 11) is 0. The molecule has 7 heavy (non-hydrogen) atoms. The first-order valence-electron chi connectivity index (χ1n) is 1.93. The minimum absolute atomic E-state index is 0.948. The van der Waals surface area contributed by atoms with Crippen LogP contribution < -0.4 is 0 Å². The first-order valence-corrected chi connectivity index (χ1v) is 1.93. The second kappa shape index (κ2) is 3.40. The van der Waals surface area contributed by atoms with Gasteiger partial charge in [-0.15, -0.1) is 0 Å². The third-order valence-electron chi connectivity index (χ3n) is 0.343. The molecule has 2 nitrogen and oxygen atoms in total. The molecule has 0 aliphatic carbocycles. The molecule has 0 atom stereocenters. The average Bonchev–Trinajstić information content (AvgIpc) is 1.61. The standard InChI is InChI=1S/C5H7O2/c1-5(2)3-7-4-6/h3H,1-2H3. The van der Waals surface area contributed by atoms with Gasteiger partial charge < -0.3 is 4.74 Å². The molecule has 0 heterocycles. The normalized spacial score (nSPS) is 7.14. The molecule has 0 aromatic carbocycles. The third-order valence-corrected chi connectivity index (χ3v) is 0.343. The second-order valence-electron chi connectivity index (χ2n) is 1.40. The van der Waals surface area contributed by atoms with E-state index in [0.717, 1.165) is 5.57 Å². The molecule has 0 fully saturated rings. The largest absolute Gasteiger partial charge is 0.426 e. The summed E-state index contributed by atoms with van der Waals surface area (Å²) in [6, 6.07) is 0. The topological polar surface area (TPSA) is 26.3 Å². The molecule has 0 aromatic heterocycles. The van der Waals surface area contributed by atoms with Crippen molar-refractivity contribution < 1.29 is 9.53 Å². The molecular formula is C5H7O2. The van der Waals surface area contributed by atoms with Gasteiger partial charge in [-0.2, -0.15) is 0 Å². The van der Waals surface area contributed by atoms with Crippen LogP contribution in [0.1, 0.15) is 13.8 Å². The highest BCUT2D eigenvalue weighted by atomic mass is 16.5. The van der Waals surface area contributed by atoms with E-state index in [1.54, 1.807) is 0 Å². The number of carbonyl (C=O) groups excluding carboxylic acids is 1. The van der Waals surface area contributed by atoms with Crippen molar-refractivity contribution in [2.75, 3.05) is 0 Å². The van der Waals surface area contributed by atoms with Crippen molar-refractivity contribution in [1.82, 2.24) is 0 Å². The minimum atomic E-state index is 0.948. The molecule has 0 aromatic rings. The lowest BCUT2D eigenvalue weighted by Crippen LogP contribution is -1.73. The van der Waals surface area contributed by atoms with Crippen LogP contribution in [0, 0.1) is 0 Å². The maximum atomic E-state index is 9.32. The summed E-state index contributed by atoms with van der Waals surface area (Å²) in [5.74, 6) is 0. The van der Waals surface area contributed by atoms with Gasteiger partial charge in [-0.25, -0.2) is 4.79 Å². The highest BCUT2D eigenvalue weighted by Gasteiger charge is 1.73. The summed E-state index contributed by atoms with van der Waals surface area (Å²) in [6.07, 6.45) is 1.34. The summed E-state index contributed by atoms with van der Waals surface area (Å²) >= 11 is 0. The van der Waals surface area contributed by atoms with Crippen molar-refractivity contribution >= 4 is 6.47 Å². The molecule has 0 rings (SSSR count). The molecule has 0 spiro atoms. The van der Waals surface area contributed by atoms with Gasteiger partial charge in [-0.1, -0.05) is 0 Å². The van der Waals surface area contributed by atoms with E-state index in [-0.39, 0.29) is 0 Å². The van der Waals surface area contributed by atoms with Gasteiger partial charge in [0.1, 0.15) is 0 Å². The van der Waals surface area contributed by atoms with Crippen molar-refractivity contribution in [1.29, 1.82) is 0 Å². The van der Waals surface area contributed by atoms with Gasteiger partial charge in [0.05, 0.1) is 6.26 Å². The second-order valence-corrected chi connectivity index (χ2v) is 1.40. The number of hydrogen-bond donors (Lipinski definition) is 0. The van der Waals surface area contributed by atoms with Crippen LogP contribution >= 0.6 is 0 Å². The zero-order chi connectivity index (χ0) is 5.70. The van der Waals surface area contributed by atoms with Gasteiger partial charge in [0.15, 0.2) is 0 Å². The molecule has 0 amide bonds. The Bertz CT molecular complexity index is 80.1. The molecule has 0 aliphatic heterocycles. The fourth-order valence-corrected chi connectivity index (χ4v) is 0.142. The van der Waals surface area contributed by atoms with Crippen molar-refractivity contribution in [3.8, 4) is 0 Å². The molecule has 0 aliphatic rings. The van der Waals surface area contributed by atoms with Crippen LogP contribution in [-0.2, 0) is 9.53 Å². The number of hydrogen-bond acceptors (Lipinski definition) is 2. The third kappa shape index (κ3) is 5.21. The van der Waals surface area contributed by atoms with Crippen LogP contribution in [0.3, 0.4) is 0 Å². The van der Waals surface area contributed by atoms with Crippen LogP contribution in [0.5, 0.6) is 0 Å². The van der Waals surface area contributed by atoms with Crippen LogP contribution in [0.15, 0.2) is 11.8 Å². The maximum Gasteiger partial charge on any atom is 0.422 e. The van der Waals surface area contributed by atoms with Crippen LogP contribution in [0.4, 0.5) is 0 Å². The van der Waals surface area contributed by atoms with E-state index in [0.29, 0.717) is 0 Å². The Morgan fingerprint density at radius 2 is 2.29 bits per heavy atom. The molecular weight excluding hydrogens is 92.1 g/mol. The van der Waals surface area contributed by atoms with E-state index in [1.807, 2.05) is 13.8 Å². The summed E-state index contributed by atoms with van der Waals surface area (Å²) < 4.78 is 4.13. The van der Waals surface area contributed by atoms with Gasteiger partial charge in [0.25, 0.3) is 0 Å². The van der Waals surface area contributed by atoms with Crippen molar-refractivity contribution in [2.24, 2.45) is 0 Å². The SMILES string of the molecule is CC(C)=CO[C]=O. The summed E-state index contributed by atoms with van der Waals surface area (Å²) in [6.45, 7) is 4.93. The van der Waals surface area contributed by atoms with E-state index < -0.39 is 0 Å². The quantitative estimate of drug-likeness (QED) is 0.482. The van der Waals surface area contributed by atoms with Gasteiger partial charge in [0.2, 0.25) is 0 Å². The van der Waals surface area contributed by atoms with E-state index >= 15 is 0 Å². The molecule has 0 unspecified atom stereocenters. The minimum Gasteiger partial charge on any atom is -0.426 e. The fourth-order valence-electron chi connectivity index (χ4n) is 0.142. The van der Waals surface area contributed by atoms with Gasteiger partial charge in [0, 0.05) is 0 Å². The van der Waals surface area contributed by atoms with Gasteiger partial charge in [-0.05, 0) is 19.4 Å². The first kappa shape index (κ1) is 6.21. The molecule has 1 radical (unpaired) electrons. The number of ether oxygens (including phenoxy) is 1. The predicted octanol–water partition coefficient (Wildman–Crippen LogP) is 0.994. The molecule has 0 bridgehead atoms. The summed E-state index contributed by atoms with van der Waals surface area (Å²) in [5, 5.41) is 0. The summed E-state index contributed by atoms with van der Waals surface area (Å²) in [5.41, 5.74) is 0.948. The Morgan fingerprint density at radius 1 is 1.71 bits per heavy atom. The van der Waals surface area contributed by atoms with Gasteiger partial charge >= 0.3 is 6.47 Å². The first-order chi connectivity index (χ1) is 3.27.